The lowest BCUT2D eigenvalue weighted by Crippen LogP contribution is -2.49. The molecule has 1 aromatic rings. The number of hydrogen-bond acceptors (Lipinski definition) is 2. The van der Waals surface area contributed by atoms with Crippen LogP contribution in [0.4, 0.5) is 13.2 Å². The third-order valence-corrected chi connectivity index (χ3v) is 2.61. The summed E-state index contributed by atoms with van der Waals surface area (Å²) in [6.07, 6.45) is -4.54. The van der Waals surface area contributed by atoms with E-state index in [2.05, 4.69) is 4.74 Å². The largest absolute Gasteiger partial charge is 0.422 e. The van der Waals surface area contributed by atoms with E-state index >= 15 is 0 Å². The first-order valence-electron chi connectivity index (χ1n) is 4.76. The van der Waals surface area contributed by atoms with Gasteiger partial charge >= 0.3 is 6.18 Å². The Labute approximate surface area is 92.2 Å². The van der Waals surface area contributed by atoms with Gasteiger partial charge in [-0.25, -0.2) is 0 Å². The van der Waals surface area contributed by atoms with Crippen LogP contribution in [0.25, 0.3) is 0 Å². The molecule has 0 radical (unpaired) electrons. The third kappa shape index (κ3) is 2.05. The number of aryl methyl sites for hydroxylation is 1. The second-order valence-corrected chi connectivity index (χ2v) is 3.60. The Balaban J connectivity index is 3.26. The van der Waals surface area contributed by atoms with Crippen LogP contribution in [0, 0.1) is 6.92 Å². The van der Waals surface area contributed by atoms with Crippen molar-refractivity contribution < 1.29 is 17.9 Å². The van der Waals surface area contributed by atoms with Crippen molar-refractivity contribution in [3.63, 3.8) is 0 Å². The predicted octanol–water partition coefficient (Wildman–Crippen LogP) is 2.36. The standard InChI is InChI=1S/C11H14F3NO/c1-8-3-5-9(6-4-8)10(7-15,16-2)11(12,13)14/h3-6H,7,15H2,1-2H3. The van der Waals surface area contributed by atoms with Crippen LogP contribution in [0.2, 0.25) is 0 Å². The van der Waals surface area contributed by atoms with Crippen LogP contribution in [-0.2, 0) is 10.3 Å². The molecule has 5 heteroatoms. The molecule has 0 fully saturated rings. The minimum absolute atomic E-state index is 0.0237. The molecule has 0 amide bonds. The fraction of sp³-hybridized carbons (Fsp3) is 0.455. The molecule has 0 aliphatic rings. The van der Waals surface area contributed by atoms with Crippen molar-refractivity contribution in [2.75, 3.05) is 13.7 Å². The number of methoxy groups -OCH3 is 1. The first kappa shape index (κ1) is 13.0. The van der Waals surface area contributed by atoms with E-state index in [1.54, 1.807) is 19.1 Å². The van der Waals surface area contributed by atoms with Gasteiger partial charge in [-0.1, -0.05) is 29.8 Å². The van der Waals surface area contributed by atoms with Crippen LogP contribution in [-0.4, -0.2) is 19.8 Å². The molecule has 1 unspecified atom stereocenters. The lowest BCUT2D eigenvalue weighted by molar-refractivity contribution is -0.272. The molecule has 2 N–H and O–H groups in total. The Bertz CT molecular complexity index is 341. The molecule has 0 spiro atoms. The fourth-order valence-electron chi connectivity index (χ4n) is 1.54. The van der Waals surface area contributed by atoms with E-state index in [0.29, 0.717) is 0 Å². The normalized spacial score (nSPS) is 15.9. The lowest BCUT2D eigenvalue weighted by atomic mass is 9.92. The van der Waals surface area contributed by atoms with Crippen LogP contribution in [0.5, 0.6) is 0 Å². The van der Waals surface area contributed by atoms with E-state index in [1.165, 1.54) is 12.1 Å². The summed E-state index contributed by atoms with van der Waals surface area (Å²) in [5.41, 5.74) is 3.72. The van der Waals surface area contributed by atoms with Crippen molar-refractivity contribution >= 4 is 0 Å². The number of hydrogen-bond donors (Lipinski definition) is 1. The van der Waals surface area contributed by atoms with Crippen LogP contribution in [0.1, 0.15) is 11.1 Å². The van der Waals surface area contributed by atoms with Gasteiger partial charge in [0.1, 0.15) is 0 Å². The van der Waals surface area contributed by atoms with E-state index in [-0.39, 0.29) is 5.56 Å². The summed E-state index contributed by atoms with van der Waals surface area (Å²) in [6, 6.07) is 5.98. The highest BCUT2D eigenvalue weighted by Crippen LogP contribution is 2.40. The number of ether oxygens (including phenoxy) is 1. The Morgan fingerprint density at radius 1 is 1.19 bits per heavy atom. The molecule has 0 aliphatic carbocycles. The monoisotopic (exact) mass is 233 g/mol. The molecule has 0 aromatic heterocycles. The number of rotatable bonds is 3. The molecular formula is C11H14F3NO. The molecular weight excluding hydrogens is 219 g/mol. The fourth-order valence-corrected chi connectivity index (χ4v) is 1.54. The van der Waals surface area contributed by atoms with E-state index < -0.39 is 18.3 Å². The van der Waals surface area contributed by atoms with Crippen molar-refractivity contribution in [1.82, 2.24) is 0 Å². The smallest absolute Gasteiger partial charge is 0.363 e. The first-order valence-corrected chi connectivity index (χ1v) is 4.76. The lowest BCUT2D eigenvalue weighted by Gasteiger charge is -2.33. The van der Waals surface area contributed by atoms with Crippen LogP contribution < -0.4 is 5.73 Å². The van der Waals surface area contributed by atoms with Gasteiger partial charge in [-0.3, -0.25) is 0 Å². The van der Waals surface area contributed by atoms with Gasteiger partial charge in [0.25, 0.3) is 0 Å². The quantitative estimate of drug-likeness (QED) is 0.869. The van der Waals surface area contributed by atoms with Gasteiger partial charge in [-0.05, 0) is 12.5 Å². The summed E-state index contributed by atoms with van der Waals surface area (Å²) >= 11 is 0. The predicted molar refractivity (Wildman–Crippen MR) is 55.0 cm³/mol. The Kier molecular flexibility index (Phi) is 3.60. The number of halogens is 3. The Morgan fingerprint density at radius 3 is 2.00 bits per heavy atom. The van der Waals surface area contributed by atoms with Gasteiger partial charge in [-0.15, -0.1) is 0 Å². The zero-order valence-corrected chi connectivity index (χ0v) is 9.14. The number of alkyl halides is 3. The van der Waals surface area contributed by atoms with Crippen molar-refractivity contribution in [3.05, 3.63) is 35.4 Å². The van der Waals surface area contributed by atoms with Crippen molar-refractivity contribution in [2.45, 2.75) is 18.7 Å². The summed E-state index contributed by atoms with van der Waals surface area (Å²) in [5.74, 6) is 0. The highest BCUT2D eigenvalue weighted by molar-refractivity contribution is 5.28. The molecule has 1 atom stereocenters. The first-order chi connectivity index (χ1) is 7.37. The number of nitrogens with two attached hydrogens (primary N) is 1. The van der Waals surface area contributed by atoms with E-state index in [4.69, 9.17) is 5.73 Å². The molecule has 90 valence electrons. The van der Waals surface area contributed by atoms with E-state index in [1.807, 2.05) is 0 Å². The topological polar surface area (TPSA) is 35.2 Å². The molecule has 0 saturated heterocycles. The second-order valence-electron chi connectivity index (χ2n) is 3.60. The Hall–Kier alpha value is -1.07. The highest BCUT2D eigenvalue weighted by Gasteiger charge is 2.55. The minimum atomic E-state index is -4.54. The van der Waals surface area contributed by atoms with Gasteiger partial charge in [-0.2, -0.15) is 13.2 Å². The average Bonchev–Trinajstić information content (AvgIpc) is 2.21. The molecule has 0 saturated carbocycles. The van der Waals surface area contributed by atoms with Gasteiger partial charge in [0.05, 0.1) is 0 Å². The molecule has 1 aromatic carbocycles. The number of benzene rings is 1. The van der Waals surface area contributed by atoms with E-state index in [9.17, 15) is 13.2 Å². The summed E-state index contributed by atoms with van der Waals surface area (Å²) in [5, 5.41) is 0. The minimum Gasteiger partial charge on any atom is -0.363 e. The maximum Gasteiger partial charge on any atom is 0.422 e. The van der Waals surface area contributed by atoms with E-state index in [0.717, 1.165) is 12.7 Å². The second kappa shape index (κ2) is 4.43. The molecule has 2 nitrogen and oxygen atoms in total. The molecule has 1 rings (SSSR count). The molecule has 0 heterocycles. The van der Waals surface area contributed by atoms with Crippen LogP contribution in [0.3, 0.4) is 0 Å². The Morgan fingerprint density at radius 2 is 1.69 bits per heavy atom. The maximum atomic E-state index is 13.0. The molecule has 0 aliphatic heterocycles. The van der Waals surface area contributed by atoms with Gasteiger partial charge in [0, 0.05) is 13.7 Å². The average molecular weight is 233 g/mol. The van der Waals surface area contributed by atoms with Crippen molar-refractivity contribution in [3.8, 4) is 0 Å². The maximum absolute atomic E-state index is 13.0. The van der Waals surface area contributed by atoms with Gasteiger partial charge in [0.2, 0.25) is 5.60 Å². The molecule has 0 bridgehead atoms. The summed E-state index contributed by atoms with van der Waals surface area (Å²) in [4.78, 5) is 0. The summed E-state index contributed by atoms with van der Waals surface area (Å²) < 4.78 is 43.5. The van der Waals surface area contributed by atoms with Crippen LogP contribution >= 0.6 is 0 Å². The molecule has 16 heavy (non-hydrogen) atoms. The third-order valence-electron chi connectivity index (χ3n) is 2.61. The van der Waals surface area contributed by atoms with Crippen molar-refractivity contribution in [1.29, 1.82) is 0 Å². The summed E-state index contributed by atoms with van der Waals surface area (Å²) in [6.45, 7) is 1.16. The highest BCUT2D eigenvalue weighted by atomic mass is 19.4. The van der Waals surface area contributed by atoms with Gasteiger partial charge < -0.3 is 10.5 Å². The van der Waals surface area contributed by atoms with Gasteiger partial charge in [0.15, 0.2) is 0 Å². The zero-order valence-electron chi connectivity index (χ0n) is 9.14. The summed E-state index contributed by atoms with van der Waals surface area (Å²) in [7, 11) is 1.01. The van der Waals surface area contributed by atoms with Crippen molar-refractivity contribution in [2.24, 2.45) is 5.73 Å². The zero-order chi connectivity index (χ0) is 12.4. The van der Waals surface area contributed by atoms with Crippen LogP contribution in [0.15, 0.2) is 24.3 Å². The SMILES string of the molecule is COC(CN)(c1ccc(C)cc1)C(F)(F)F.